The number of nitrogens with zero attached hydrogens (tertiary/aromatic N) is 3. The molecule has 2 heterocycles. The van der Waals surface area contributed by atoms with Gasteiger partial charge in [-0.25, -0.2) is 9.67 Å². The zero-order valence-corrected chi connectivity index (χ0v) is 18.0. The highest BCUT2D eigenvalue weighted by Crippen LogP contribution is 2.31. The first-order chi connectivity index (χ1) is 15.2. The topological polar surface area (TPSA) is 69.0 Å². The Balaban J connectivity index is 1.37. The van der Waals surface area contributed by atoms with Crippen LogP contribution in [0.1, 0.15) is 38.7 Å². The molecule has 0 saturated heterocycles. The van der Waals surface area contributed by atoms with Crippen LogP contribution >= 0.6 is 11.3 Å². The van der Waals surface area contributed by atoms with Crippen LogP contribution in [0.15, 0.2) is 60.0 Å². The minimum atomic E-state index is -0.179. The van der Waals surface area contributed by atoms with Crippen LogP contribution in [-0.2, 0) is 19.4 Å². The summed E-state index contributed by atoms with van der Waals surface area (Å²) in [5.41, 5.74) is 4.56. The van der Waals surface area contributed by atoms with E-state index in [4.69, 9.17) is 9.84 Å². The highest BCUT2D eigenvalue weighted by atomic mass is 32.1. The minimum absolute atomic E-state index is 0.179. The summed E-state index contributed by atoms with van der Waals surface area (Å²) in [6.07, 6.45) is 2.93. The Kier molecular flexibility index (Phi) is 5.26. The number of benzene rings is 2. The monoisotopic (exact) mass is 430 g/mol. The third-order valence-corrected chi connectivity index (χ3v) is 6.11. The van der Waals surface area contributed by atoms with E-state index in [-0.39, 0.29) is 5.91 Å². The Labute approximate surface area is 184 Å². The first-order valence-electron chi connectivity index (χ1n) is 10.3. The molecule has 0 radical (unpaired) electrons. The molecule has 0 fully saturated rings. The highest BCUT2D eigenvalue weighted by molar-refractivity contribution is 7.09. The van der Waals surface area contributed by atoms with Crippen molar-refractivity contribution in [2.45, 2.75) is 32.8 Å². The maximum atomic E-state index is 13.1. The third kappa shape index (κ3) is 4.09. The molecule has 0 aliphatic heterocycles. The van der Waals surface area contributed by atoms with Crippen molar-refractivity contribution in [1.29, 1.82) is 0 Å². The fourth-order valence-electron chi connectivity index (χ4n) is 3.81. The number of hydrogen-bond acceptors (Lipinski definition) is 5. The van der Waals surface area contributed by atoms with E-state index in [1.54, 1.807) is 23.5 Å². The molecule has 1 amide bonds. The summed E-state index contributed by atoms with van der Waals surface area (Å²) in [5.74, 6) is 1.22. The van der Waals surface area contributed by atoms with Gasteiger partial charge in [0.25, 0.3) is 5.91 Å². The molecule has 6 nitrogen and oxygen atoms in total. The molecule has 1 aliphatic carbocycles. The van der Waals surface area contributed by atoms with Gasteiger partial charge in [0, 0.05) is 16.5 Å². The maximum absolute atomic E-state index is 13.1. The molecule has 1 N–H and O–H groups in total. The molecule has 5 rings (SSSR count). The van der Waals surface area contributed by atoms with Crippen molar-refractivity contribution in [3.63, 3.8) is 0 Å². The van der Waals surface area contributed by atoms with Gasteiger partial charge >= 0.3 is 0 Å². The van der Waals surface area contributed by atoms with Crippen LogP contribution in [0.3, 0.4) is 0 Å². The van der Waals surface area contributed by atoms with Crippen LogP contribution in [-0.4, -0.2) is 20.7 Å². The molecule has 31 heavy (non-hydrogen) atoms. The van der Waals surface area contributed by atoms with E-state index in [0.29, 0.717) is 17.9 Å². The van der Waals surface area contributed by atoms with Crippen molar-refractivity contribution in [3.8, 4) is 11.4 Å². The Morgan fingerprint density at radius 2 is 2.03 bits per heavy atom. The fraction of sp³-hybridized carbons (Fsp3) is 0.208. The number of aryl methyl sites for hydroxylation is 2. The highest BCUT2D eigenvalue weighted by Gasteiger charge is 2.24. The number of carbonyl (C=O) groups excluding carboxylic acids is 1. The lowest BCUT2D eigenvalue weighted by atomic mass is 10.2. The summed E-state index contributed by atoms with van der Waals surface area (Å²) in [7, 11) is 0. The second kappa shape index (κ2) is 8.35. The van der Waals surface area contributed by atoms with E-state index in [0.717, 1.165) is 52.7 Å². The molecule has 156 valence electrons. The SMILES string of the molecule is Cc1nc(COc2cccc(C(=O)Nc3c4c(nn3-c3ccccc3)CCC4)c2)cs1. The number of anilines is 1. The van der Waals surface area contributed by atoms with Crippen molar-refractivity contribution < 1.29 is 9.53 Å². The number of hydrogen-bond donors (Lipinski definition) is 1. The average Bonchev–Trinajstić information content (AvgIpc) is 3.50. The van der Waals surface area contributed by atoms with Gasteiger partial charge in [0.2, 0.25) is 0 Å². The zero-order valence-electron chi connectivity index (χ0n) is 17.2. The summed E-state index contributed by atoms with van der Waals surface area (Å²) >= 11 is 1.60. The number of ether oxygens (including phenoxy) is 1. The lowest BCUT2D eigenvalue weighted by Crippen LogP contribution is -2.16. The number of para-hydroxylation sites is 1. The van der Waals surface area contributed by atoms with Gasteiger partial charge < -0.3 is 10.1 Å². The summed E-state index contributed by atoms with van der Waals surface area (Å²) in [6.45, 7) is 2.35. The standard InChI is InChI=1S/C24H22N4O2S/c1-16-25-18(15-31-16)14-30-20-10-5-7-17(13-20)24(29)26-23-21-11-6-12-22(21)27-28(23)19-8-3-2-4-9-19/h2-5,7-10,13,15H,6,11-12,14H2,1H3,(H,26,29). The summed E-state index contributed by atoms with van der Waals surface area (Å²) < 4.78 is 7.69. The third-order valence-electron chi connectivity index (χ3n) is 5.29. The molecule has 2 aromatic carbocycles. The molecule has 0 saturated carbocycles. The Hall–Kier alpha value is -3.45. The van der Waals surface area contributed by atoms with E-state index < -0.39 is 0 Å². The molecule has 4 aromatic rings. The molecule has 0 bridgehead atoms. The number of nitrogens with one attached hydrogen (secondary N) is 1. The van der Waals surface area contributed by atoms with Gasteiger partial charge in [0.15, 0.2) is 0 Å². The lowest BCUT2D eigenvalue weighted by Gasteiger charge is -2.12. The average molecular weight is 431 g/mol. The molecule has 0 atom stereocenters. The Morgan fingerprint density at radius 1 is 1.16 bits per heavy atom. The van der Waals surface area contributed by atoms with Crippen LogP contribution in [0.2, 0.25) is 0 Å². The van der Waals surface area contributed by atoms with E-state index in [1.165, 1.54) is 0 Å². The van der Waals surface area contributed by atoms with Gasteiger partial charge in [0.05, 0.1) is 22.1 Å². The van der Waals surface area contributed by atoms with Gasteiger partial charge in [-0.15, -0.1) is 11.3 Å². The smallest absolute Gasteiger partial charge is 0.256 e. The van der Waals surface area contributed by atoms with Gasteiger partial charge in [-0.05, 0) is 56.5 Å². The normalized spacial score (nSPS) is 12.5. The number of rotatable bonds is 6. The largest absolute Gasteiger partial charge is 0.487 e. The second-order valence-corrected chi connectivity index (χ2v) is 8.57. The molecule has 2 aromatic heterocycles. The van der Waals surface area contributed by atoms with E-state index in [9.17, 15) is 4.79 Å². The van der Waals surface area contributed by atoms with Crippen molar-refractivity contribution in [1.82, 2.24) is 14.8 Å². The van der Waals surface area contributed by atoms with E-state index in [1.807, 2.05) is 59.5 Å². The predicted molar refractivity (Wildman–Crippen MR) is 121 cm³/mol. The Bertz CT molecular complexity index is 1230. The van der Waals surface area contributed by atoms with E-state index >= 15 is 0 Å². The minimum Gasteiger partial charge on any atom is -0.487 e. The number of fused-ring (bicyclic) bond motifs is 1. The van der Waals surface area contributed by atoms with Crippen molar-refractivity contribution in [2.75, 3.05) is 5.32 Å². The van der Waals surface area contributed by atoms with Crippen molar-refractivity contribution >= 4 is 23.1 Å². The molecular formula is C24H22N4O2S. The molecule has 0 spiro atoms. The van der Waals surface area contributed by atoms with Crippen LogP contribution in [0.25, 0.3) is 5.69 Å². The summed E-state index contributed by atoms with van der Waals surface area (Å²) in [4.78, 5) is 17.5. The van der Waals surface area contributed by atoms with Crippen LogP contribution in [0.5, 0.6) is 5.75 Å². The number of amides is 1. The summed E-state index contributed by atoms with van der Waals surface area (Å²) in [6, 6.07) is 17.1. The van der Waals surface area contributed by atoms with Gasteiger partial charge in [0.1, 0.15) is 18.2 Å². The fourth-order valence-corrected chi connectivity index (χ4v) is 4.41. The van der Waals surface area contributed by atoms with Crippen LogP contribution in [0.4, 0.5) is 5.82 Å². The zero-order chi connectivity index (χ0) is 21.2. The molecule has 7 heteroatoms. The number of aromatic nitrogens is 3. The second-order valence-electron chi connectivity index (χ2n) is 7.50. The predicted octanol–water partition coefficient (Wildman–Crippen LogP) is 4.96. The first-order valence-corrected chi connectivity index (χ1v) is 11.2. The van der Waals surface area contributed by atoms with Crippen LogP contribution < -0.4 is 10.1 Å². The van der Waals surface area contributed by atoms with Crippen molar-refractivity contribution in [3.05, 3.63) is 87.5 Å². The first kappa shape index (κ1) is 19.5. The molecule has 1 aliphatic rings. The number of thiazole rings is 1. The van der Waals surface area contributed by atoms with Crippen LogP contribution in [0, 0.1) is 6.92 Å². The quantitative estimate of drug-likeness (QED) is 0.470. The van der Waals surface area contributed by atoms with E-state index in [2.05, 4.69) is 10.3 Å². The van der Waals surface area contributed by atoms with Crippen molar-refractivity contribution in [2.24, 2.45) is 0 Å². The summed E-state index contributed by atoms with van der Waals surface area (Å²) in [5, 5.41) is 10.9. The van der Waals surface area contributed by atoms with Gasteiger partial charge in [-0.3, -0.25) is 4.79 Å². The lowest BCUT2D eigenvalue weighted by molar-refractivity contribution is 0.102. The van der Waals surface area contributed by atoms with Gasteiger partial charge in [-0.1, -0.05) is 24.3 Å². The molecule has 0 unspecified atom stereocenters. The van der Waals surface area contributed by atoms with Gasteiger partial charge in [-0.2, -0.15) is 5.10 Å². The maximum Gasteiger partial charge on any atom is 0.256 e. The Morgan fingerprint density at radius 3 is 2.84 bits per heavy atom. The number of carbonyl (C=O) groups is 1. The molecular weight excluding hydrogens is 408 g/mol.